The van der Waals surface area contributed by atoms with Crippen molar-refractivity contribution >= 4 is 0 Å². The molecule has 0 aliphatic carbocycles. The zero-order valence-electron chi connectivity index (χ0n) is 15.0. The molecule has 0 N–H and O–H groups in total. The molecule has 1 aromatic heterocycles. The Labute approximate surface area is 150 Å². The number of hydrogen-bond acceptors (Lipinski definition) is 3. The second-order valence-corrected chi connectivity index (χ2v) is 7.68. The van der Waals surface area contributed by atoms with Crippen molar-refractivity contribution in [2.24, 2.45) is 0 Å². The van der Waals surface area contributed by atoms with Crippen molar-refractivity contribution in [2.45, 2.75) is 51.9 Å². The van der Waals surface area contributed by atoms with Crippen LogP contribution in [0.4, 0.5) is 17.6 Å². The molecule has 2 aromatic rings. The van der Waals surface area contributed by atoms with Gasteiger partial charge in [0, 0.05) is 54.5 Å². The van der Waals surface area contributed by atoms with Crippen molar-refractivity contribution in [1.82, 2.24) is 14.9 Å². The molecule has 7 heteroatoms. The third kappa shape index (κ3) is 4.03. The van der Waals surface area contributed by atoms with E-state index in [0.29, 0.717) is 25.6 Å². The summed E-state index contributed by atoms with van der Waals surface area (Å²) in [7, 11) is 0. The maximum Gasteiger partial charge on any atom is 0.416 e. The van der Waals surface area contributed by atoms with E-state index in [-0.39, 0.29) is 17.5 Å². The first kappa shape index (κ1) is 18.8. The molecule has 2 heterocycles. The van der Waals surface area contributed by atoms with Crippen LogP contribution in [0.1, 0.15) is 49.0 Å². The Morgan fingerprint density at radius 1 is 1.15 bits per heavy atom. The maximum atomic E-state index is 14.1. The summed E-state index contributed by atoms with van der Waals surface area (Å²) in [5.74, 6) is -0.0385. The van der Waals surface area contributed by atoms with Crippen LogP contribution in [0.5, 0.6) is 0 Å². The van der Waals surface area contributed by atoms with Crippen molar-refractivity contribution in [1.29, 1.82) is 0 Å². The van der Waals surface area contributed by atoms with Gasteiger partial charge in [-0.25, -0.2) is 14.4 Å². The highest BCUT2D eigenvalue weighted by Crippen LogP contribution is 2.31. The standard InChI is InChI=1S/C19H21F4N3/c1-18(2,3)17-24-9-13-11-26(7-6-16(13)25-17)10-12-4-5-14(8-15(12)20)19(21,22)23/h4-5,8-9H,6-7,10-11H2,1-3H3. The van der Waals surface area contributed by atoms with Gasteiger partial charge in [0.1, 0.15) is 11.6 Å². The lowest BCUT2D eigenvalue weighted by molar-refractivity contribution is -0.137. The molecule has 0 saturated heterocycles. The Morgan fingerprint density at radius 2 is 1.88 bits per heavy atom. The Bertz CT molecular complexity index is 809. The molecule has 3 nitrogen and oxygen atoms in total. The number of benzene rings is 1. The second-order valence-electron chi connectivity index (χ2n) is 7.68. The van der Waals surface area contributed by atoms with E-state index < -0.39 is 17.6 Å². The number of rotatable bonds is 2. The molecular formula is C19H21F4N3. The molecule has 1 aromatic carbocycles. The van der Waals surface area contributed by atoms with Crippen LogP contribution in [-0.2, 0) is 31.1 Å². The summed E-state index contributed by atoms with van der Waals surface area (Å²) in [4.78, 5) is 11.1. The monoisotopic (exact) mass is 367 g/mol. The minimum atomic E-state index is -4.54. The summed E-state index contributed by atoms with van der Waals surface area (Å²) in [5.41, 5.74) is 1.14. The van der Waals surface area contributed by atoms with Crippen molar-refractivity contribution in [3.63, 3.8) is 0 Å². The average molecular weight is 367 g/mol. The summed E-state index contributed by atoms with van der Waals surface area (Å²) in [5, 5.41) is 0. The maximum absolute atomic E-state index is 14.1. The van der Waals surface area contributed by atoms with Crippen LogP contribution in [0.25, 0.3) is 0 Å². The number of fused-ring (bicyclic) bond motifs is 1. The first-order chi connectivity index (χ1) is 12.0. The molecule has 0 atom stereocenters. The van der Waals surface area contributed by atoms with Crippen molar-refractivity contribution in [2.75, 3.05) is 6.54 Å². The summed E-state index contributed by atoms with van der Waals surface area (Å²) >= 11 is 0. The molecule has 0 radical (unpaired) electrons. The molecule has 0 spiro atoms. The third-order valence-corrected chi connectivity index (χ3v) is 4.46. The number of alkyl halides is 3. The number of aromatic nitrogens is 2. The zero-order chi connectivity index (χ0) is 19.1. The molecule has 140 valence electrons. The highest BCUT2D eigenvalue weighted by atomic mass is 19.4. The van der Waals surface area contributed by atoms with Crippen LogP contribution in [-0.4, -0.2) is 21.4 Å². The molecule has 0 amide bonds. The average Bonchev–Trinajstić information content (AvgIpc) is 2.54. The van der Waals surface area contributed by atoms with Crippen LogP contribution in [0.15, 0.2) is 24.4 Å². The van der Waals surface area contributed by atoms with Gasteiger partial charge in [-0.05, 0) is 12.1 Å². The fraction of sp³-hybridized carbons (Fsp3) is 0.474. The van der Waals surface area contributed by atoms with E-state index in [0.717, 1.165) is 23.1 Å². The largest absolute Gasteiger partial charge is 0.416 e. The fourth-order valence-electron chi connectivity index (χ4n) is 2.96. The van der Waals surface area contributed by atoms with Gasteiger partial charge in [0.15, 0.2) is 0 Å². The molecule has 26 heavy (non-hydrogen) atoms. The molecule has 3 rings (SSSR count). The Hall–Kier alpha value is -2.02. The van der Waals surface area contributed by atoms with Gasteiger partial charge in [-0.15, -0.1) is 0 Å². The fourth-order valence-corrected chi connectivity index (χ4v) is 2.96. The van der Waals surface area contributed by atoms with E-state index >= 15 is 0 Å². The van der Waals surface area contributed by atoms with Crippen LogP contribution in [0.2, 0.25) is 0 Å². The Morgan fingerprint density at radius 3 is 2.50 bits per heavy atom. The smallest absolute Gasteiger partial charge is 0.294 e. The lowest BCUT2D eigenvalue weighted by Crippen LogP contribution is -2.32. The van der Waals surface area contributed by atoms with Crippen molar-refractivity contribution < 1.29 is 17.6 Å². The molecule has 0 bridgehead atoms. The highest BCUT2D eigenvalue weighted by molar-refractivity contribution is 5.27. The molecule has 0 saturated carbocycles. The normalized spacial score (nSPS) is 15.8. The van der Waals surface area contributed by atoms with Crippen LogP contribution in [0.3, 0.4) is 0 Å². The number of hydrogen-bond donors (Lipinski definition) is 0. The predicted molar refractivity (Wildman–Crippen MR) is 90.0 cm³/mol. The highest BCUT2D eigenvalue weighted by Gasteiger charge is 2.31. The van der Waals surface area contributed by atoms with E-state index in [4.69, 9.17) is 0 Å². The van der Waals surface area contributed by atoms with Crippen LogP contribution >= 0.6 is 0 Å². The third-order valence-electron chi connectivity index (χ3n) is 4.46. The van der Waals surface area contributed by atoms with E-state index in [1.807, 2.05) is 4.90 Å². The van der Waals surface area contributed by atoms with Crippen molar-refractivity contribution in [3.05, 3.63) is 58.4 Å². The number of halogens is 4. The summed E-state index contributed by atoms with van der Waals surface area (Å²) < 4.78 is 52.0. The number of nitrogens with zero attached hydrogens (tertiary/aromatic N) is 3. The molecule has 1 aliphatic heterocycles. The van der Waals surface area contributed by atoms with Gasteiger partial charge in [0.05, 0.1) is 5.56 Å². The lowest BCUT2D eigenvalue weighted by Gasteiger charge is -2.29. The minimum Gasteiger partial charge on any atom is -0.294 e. The molecule has 0 unspecified atom stereocenters. The zero-order valence-corrected chi connectivity index (χ0v) is 15.0. The van der Waals surface area contributed by atoms with Gasteiger partial charge >= 0.3 is 6.18 Å². The van der Waals surface area contributed by atoms with Gasteiger partial charge < -0.3 is 0 Å². The first-order valence-corrected chi connectivity index (χ1v) is 8.47. The van der Waals surface area contributed by atoms with E-state index in [1.54, 1.807) is 6.20 Å². The van der Waals surface area contributed by atoms with Gasteiger partial charge in [0.2, 0.25) is 0 Å². The van der Waals surface area contributed by atoms with Gasteiger partial charge in [-0.2, -0.15) is 13.2 Å². The van der Waals surface area contributed by atoms with E-state index in [2.05, 4.69) is 30.7 Å². The quantitative estimate of drug-likeness (QED) is 0.733. The summed E-state index contributed by atoms with van der Waals surface area (Å²) in [6, 6.07) is 2.70. The molecule has 0 fully saturated rings. The Kier molecular flexibility index (Phi) is 4.77. The van der Waals surface area contributed by atoms with Gasteiger partial charge in [-0.3, -0.25) is 4.90 Å². The van der Waals surface area contributed by atoms with E-state index in [9.17, 15) is 17.6 Å². The second kappa shape index (κ2) is 6.61. The van der Waals surface area contributed by atoms with Gasteiger partial charge in [-0.1, -0.05) is 26.8 Å². The van der Waals surface area contributed by atoms with Gasteiger partial charge in [0.25, 0.3) is 0 Å². The SMILES string of the molecule is CC(C)(C)c1ncc2c(n1)CCN(Cc1ccc(C(F)(F)F)cc1F)C2. The molecule has 1 aliphatic rings. The Balaban J connectivity index is 1.74. The summed E-state index contributed by atoms with van der Waals surface area (Å²) in [6.45, 7) is 7.64. The lowest BCUT2D eigenvalue weighted by atomic mass is 9.95. The van der Waals surface area contributed by atoms with Crippen LogP contribution < -0.4 is 0 Å². The first-order valence-electron chi connectivity index (χ1n) is 8.47. The predicted octanol–water partition coefficient (Wildman–Crippen LogP) is 4.49. The van der Waals surface area contributed by atoms with Crippen molar-refractivity contribution in [3.8, 4) is 0 Å². The van der Waals surface area contributed by atoms with E-state index in [1.165, 1.54) is 6.07 Å². The minimum absolute atomic E-state index is 0.129. The summed E-state index contributed by atoms with van der Waals surface area (Å²) in [6.07, 6.45) is -2.02. The topological polar surface area (TPSA) is 29.0 Å². The molecular weight excluding hydrogens is 346 g/mol. The van der Waals surface area contributed by atoms with Crippen LogP contribution in [0, 0.1) is 5.82 Å².